The molecule has 5 rings (SSSR count). The predicted octanol–water partition coefficient (Wildman–Crippen LogP) is 0.696. The number of carbonyl (C=O) groups excluding carboxylic acids is 1. The Balaban J connectivity index is 1.48. The topological polar surface area (TPSA) is 84.7 Å². The Labute approximate surface area is 140 Å². The van der Waals surface area contributed by atoms with Crippen LogP contribution >= 0.6 is 0 Å². The first kappa shape index (κ1) is 16.0. The minimum Gasteiger partial charge on any atom is -0.465 e. The molecule has 0 radical (unpaired) electrons. The van der Waals surface area contributed by atoms with Gasteiger partial charge in [-0.2, -0.15) is 0 Å². The third kappa shape index (κ3) is 2.13. The summed E-state index contributed by atoms with van der Waals surface area (Å²) in [5.74, 6) is -0.156. The molecule has 132 valence electrons. The van der Waals surface area contributed by atoms with Crippen LogP contribution in [0.15, 0.2) is 6.20 Å². The minimum absolute atomic E-state index is 0.156. The molecule has 0 aromatic carbocycles. The van der Waals surface area contributed by atoms with E-state index in [1.807, 2.05) is 20.0 Å². The first-order valence-electron chi connectivity index (χ1n) is 8.49. The van der Waals surface area contributed by atoms with E-state index < -0.39 is 11.0 Å². The van der Waals surface area contributed by atoms with Crippen LogP contribution in [0.1, 0.15) is 32.4 Å². The zero-order chi connectivity index (χ0) is 16.8. The van der Waals surface area contributed by atoms with E-state index in [1.165, 1.54) is 0 Å². The third-order valence-electron chi connectivity index (χ3n) is 5.36. The van der Waals surface area contributed by atoms with Crippen molar-refractivity contribution in [2.24, 2.45) is 5.41 Å². The lowest BCUT2D eigenvalue weighted by Gasteiger charge is -2.48. The van der Waals surface area contributed by atoms with E-state index in [0.717, 1.165) is 5.69 Å². The molecule has 0 N–H and O–H groups in total. The molecule has 1 aliphatic carbocycles. The zero-order valence-corrected chi connectivity index (χ0v) is 14.1. The number of aromatic nitrogens is 3. The average Bonchev–Trinajstić information content (AvgIpc) is 3.13. The Morgan fingerprint density at radius 3 is 2.75 bits per heavy atom. The highest BCUT2D eigenvalue weighted by Crippen LogP contribution is 2.69. The summed E-state index contributed by atoms with van der Waals surface area (Å²) in [5.41, 5.74) is -0.666. The van der Waals surface area contributed by atoms with Crippen LogP contribution in [0.25, 0.3) is 0 Å². The van der Waals surface area contributed by atoms with Crippen LogP contribution in [0.2, 0.25) is 0 Å². The van der Waals surface area contributed by atoms with Crippen LogP contribution in [0.3, 0.4) is 0 Å². The number of esters is 1. The zero-order valence-electron chi connectivity index (χ0n) is 14.1. The fourth-order valence-corrected chi connectivity index (χ4v) is 4.30. The van der Waals surface area contributed by atoms with Crippen molar-refractivity contribution in [3.8, 4) is 0 Å². The molecule has 4 heterocycles. The fraction of sp³-hybridized carbons (Fsp3) is 0.812. The Bertz CT molecular complexity index is 633. The first-order chi connectivity index (χ1) is 11.6. The van der Waals surface area contributed by atoms with Crippen molar-refractivity contribution >= 4 is 5.97 Å². The minimum atomic E-state index is -0.560. The Hall–Kier alpha value is -1.51. The van der Waals surface area contributed by atoms with E-state index in [2.05, 4.69) is 10.3 Å². The van der Waals surface area contributed by atoms with Gasteiger partial charge in [0.25, 0.3) is 0 Å². The van der Waals surface area contributed by atoms with Crippen LogP contribution in [0.4, 0.5) is 0 Å². The highest BCUT2D eigenvalue weighted by atomic mass is 16.6. The SMILES string of the molecule is CCOCc1cn(CC23CC(C(=O)OCC)(C2)C2(COC2)O3)nn1. The molecule has 4 fully saturated rings. The van der Waals surface area contributed by atoms with Gasteiger partial charge in [-0.1, -0.05) is 5.21 Å². The van der Waals surface area contributed by atoms with Crippen molar-refractivity contribution in [1.29, 1.82) is 0 Å². The van der Waals surface area contributed by atoms with Gasteiger partial charge in [0, 0.05) is 6.61 Å². The molecule has 3 saturated heterocycles. The van der Waals surface area contributed by atoms with E-state index in [0.29, 0.717) is 52.4 Å². The molecule has 1 aromatic rings. The van der Waals surface area contributed by atoms with E-state index in [-0.39, 0.29) is 11.6 Å². The summed E-state index contributed by atoms with van der Waals surface area (Å²) >= 11 is 0. The summed E-state index contributed by atoms with van der Waals surface area (Å²) in [5, 5.41) is 8.27. The van der Waals surface area contributed by atoms with Crippen LogP contribution in [0, 0.1) is 5.41 Å². The van der Waals surface area contributed by atoms with E-state index in [1.54, 1.807) is 4.68 Å². The summed E-state index contributed by atoms with van der Waals surface area (Å²) in [6.45, 7) is 6.75. The monoisotopic (exact) mass is 337 g/mol. The summed E-state index contributed by atoms with van der Waals surface area (Å²) in [6.07, 6.45) is 3.19. The Morgan fingerprint density at radius 2 is 2.12 bits per heavy atom. The normalized spacial score (nSPS) is 32.4. The highest BCUT2D eigenvalue weighted by molar-refractivity contribution is 5.82. The summed E-state index contributed by atoms with van der Waals surface area (Å²) in [4.78, 5) is 12.5. The molecule has 8 heteroatoms. The molecular formula is C16H23N3O5. The molecule has 4 aliphatic rings. The standard InChI is InChI=1S/C16H23N3O5/c1-3-21-6-12-5-19(18-17-12)9-14-7-15(8-14,13(20)23-4-2)16(24-14)10-22-11-16/h5H,3-4,6-11H2,1-2H3. The van der Waals surface area contributed by atoms with Gasteiger partial charge in [0.05, 0.1) is 44.8 Å². The van der Waals surface area contributed by atoms with Crippen LogP contribution < -0.4 is 0 Å². The maximum absolute atomic E-state index is 12.5. The van der Waals surface area contributed by atoms with E-state index in [4.69, 9.17) is 18.9 Å². The van der Waals surface area contributed by atoms with Gasteiger partial charge in [0.15, 0.2) is 0 Å². The lowest BCUT2D eigenvalue weighted by molar-refractivity contribution is -0.222. The Morgan fingerprint density at radius 1 is 1.33 bits per heavy atom. The molecule has 0 unspecified atom stereocenters. The largest absolute Gasteiger partial charge is 0.465 e. The van der Waals surface area contributed by atoms with Gasteiger partial charge in [-0.25, -0.2) is 4.68 Å². The van der Waals surface area contributed by atoms with E-state index in [9.17, 15) is 4.79 Å². The van der Waals surface area contributed by atoms with Crippen LogP contribution in [-0.4, -0.2) is 58.6 Å². The smallest absolute Gasteiger partial charge is 0.315 e. The van der Waals surface area contributed by atoms with Gasteiger partial charge in [0.2, 0.25) is 0 Å². The van der Waals surface area contributed by atoms with Gasteiger partial charge >= 0.3 is 5.97 Å². The molecular weight excluding hydrogens is 314 g/mol. The second-order valence-corrected chi connectivity index (χ2v) is 6.97. The van der Waals surface area contributed by atoms with Crippen molar-refractivity contribution in [2.75, 3.05) is 26.4 Å². The molecule has 8 nitrogen and oxygen atoms in total. The number of ether oxygens (including phenoxy) is 4. The van der Waals surface area contributed by atoms with E-state index >= 15 is 0 Å². The van der Waals surface area contributed by atoms with Crippen molar-refractivity contribution < 1.29 is 23.7 Å². The lowest BCUT2D eigenvalue weighted by Crippen LogP contribution is -2.63. The molecule has 0 amide bonds. The van der Waals surface area contributed by atoms with Gasteiger partial charge < -0.3 is 18.9 Å². The fourth-order valence-electron chi connectivity index (χ4n) is 4.30. The van der Waals surface area contributed by atoms with Crippen molar-refractivity contribution in [2.45, 2.75) is 51.0 Å². The number of rotatable bonds is 7. The van der Waals surface area contributed by atoms with Crippen molar-refractivity contribution in [1.82, 2.24) is 15.0 Å². The highest BCUT2D eigenvalue weighted by Gasteiger charge is 2.81. The van der Waals surface area contributed by atoms with Crippen molar-refractivity contribution in [3.05, 3.63) is 11.9 Å². The molecule has 0 atom stereocenters. The number of carbonyl (C=O) groups is 1. The molecule has 1 spiro atoms. The predicted molar refractivity (Wildman–Crippen MR) is 81.0 cm³/mol. The quantitative estimate of drug-likeness (QED) is 0.677. The number of hydrogen-bond donors (Lipinski definition) is 0. The maximum Gasteiger partial charge on any atom is 0.315 e. The average molecular weight is 337 g/mol. The summed E-state index contributed by atoms with van der Waals surface area (Å²) in [7, 11) is 0. The Kier molecular flexibility index (Phi) is 3.67. The molecule has 3 aliphatic heterocycles. The first-order valence-corrected chi connectivity index (χ1v) is 8.49. The van der Waals surface area contributed by atoms with Gasteiger partial charge in [-0.3, -0.25) is 4.79 Å². The third-order valence-corrected chi connectivity index (χ3v) is 5.36. The molecule has 2 bridgehead atoms. The number of nitrogens with zero attached hydrogens (tertiary/aromatic N) is 3. The second kappa shape index (κ2) is 5.50. The van der Waals surface area contributed by atoms with Gasteiger partial charge in [0.1, 0.15) is 16.7 Å². The maximum atomic E-state index is 12.5. The lowest BCUT2D eigenvalue weighted by atomic mass is 9.55. The molecule has 1 aromatic heterocycles. The number of hydrogen-bond acceptors (Lipinski definition) is 7. The molecule has 24 heavy (non-hydrogen) atoms. The van der Waals surface area contributed by atoms with Gasteiger partial charge in [-0.05, 0) is 26.7 Å². The van der Waals surface area contributed by atoms with Gasteiger partial charge in [-0.15, -0.1) is 5.10 Å². The summed E-state index contributed by atoms with van der Waals surface area (Å²) < 4.78 is 24.2. The second-order valence-electron chi connectivity index (χ2n) is 6.97. The van der Waals surface area contributed by atoms with Crippen molar-refractivity contribution in [3.63, 3.8) is 0 Å². The van der Waals surface area contributed by atoms with Crippen LogP contribution in [-0.2, 0) is 36.9 Å². The summed E-state index contributed by atoms with van der Waals surface area (Å²) in [6, 6.07) is 0. The van der Waals surface area contributed by atoms with Crippen LogP contribution in [0.5, 0.6) is 0 Å². The molecule has 1 saturated carbocycles.